The first-order valence-electron chi connectivity index (χ1n) is 9.64. The molecule has 7 heteroatoms. The number of allylic oxidation sites excluding steroid dienone is 1. The Hall–Kier alpha value is -2.29. The highest BCUT2D eigenvalue weighted by molar-refractivity contribution is 14.0. The van der Waals surface area contributed by atoms with E-state index in [2.05, 4.69) is 29.0 Å². The van der Waals surface area contributed by atoms with E-state index < -0.39 is 0 Å². The summed E-state index contributed by atoms with van der Waals surface area (Å²) >= 11 is 0. The zero-order chi connectivity index (χ0) is 20.2. The first-order chi connectivity index (χ1) is 13.6. The van der Waals surface area contributed by atoms with Crippen molar-refractivity contribution in [3.8, 4) is 0 Å². The summed E-state index contributed by atoms with van der Waals surface area (Å²) in [4.78, 5) is 19.2. The van der Waals surface area contributed by atoms with Crippen LogP contribution in [-0.4, -0.2) is 36.9 Å². The maximum absolute atomic E-state index is 12.4. The molecule has 0 aliphatic heterocycles. The van der Waals surface area contributed by atoms with Gasteiger partial charge in [0.05, 0.1) is 19.4 Å². The van der Waals surface area contributed by atoms with Crippen LogP contribution in [0.4, 0.5) is 0 Å². The summed E-state index contributed by atoms with van der Waals surface area (Å²) in [5, 5.41) is 6.18. The maximum Gasteiger partial charge on any atom is 0.251 e. The van der Waals surface area contributed by atoms with Gasteiger partial charge >= 0.3 is 0 Å². The Morgan fingerprint density at radius 1 is 1.28 bits per heavy atom. The van der Waals surface area contributed by atoms with Gasteiger partial charge < -0.3 is 20.0 Å². The lowest BCUT2D eigenvalue weighted by Crippen LogP contribution is -2.39. The molecule has 0 radical (unpaired) electrons. The van der Waals surface area contributed by atoms with E-state index >= 15 is 0 Å². The van der Waals surface area contributed by atoms with E-state index in [0.717, 1.165) is 43.2 Å². The van der Waals surface area contributed by atoms with Crippen molar-refractivity contribution in [1.82, 2.24) is 15.5 Å². The average molecular weight is 510 g/mol. The van der Waals surface area contributed by atoms with Gasteiger partial charge in [-0.3, -0.25) is 4.79 Å². The van der Waals surface area contributed by atoms with Gasteiger partial charge in [0.2, 0.25) is 0 Å². The Kier molecular flexibility index (Phi) is 11.8. The smallest absolute Gasteiger partial charge is 0.251 e. The number of amides is 1. The molecule has 2 N–H and O–H groups in total. The summed E-state index contributed by atoms with van der Waals surface area (Å²) in [5.74, 6) is 1.46. The van der Waals surface area contributed by atoms with Crippen LogP contribution in [0.25, 0.3) is 0 Å². The van der Waals surface area contributed by atoms with Crippen molar-refractivity contribution in [2.75, 3.05) is 20.1 Å². The van der Waals surface area contributed by atoms with Crippen molar-refractivity contribution < 1.29 is 9.21 Å². The van der Waals surface area contributed by atoms with Crippen LogP contribution in [0.3, 0.4) is 0 Å². The van der Waals surface area contributed by atoms with E-state index in [9.17, 15) is 4.79 Å². The Labute approximate surface area is 190 Å². The highest BCUT2D eigenvalue weighted by atomic mass is 127. The van der Waals surface area contributed by atoms with Crippen LogP contribution in [0, 0.1) is 0 Å². The Morgan fingerprint density at radius 3 is 2.79 bits per heavy atom. The minimum absolute atomic E-state index is 0. The quantitative estimate of drug-likeness (QED) is 0.165. The molecule has 1 heterocycles. The van der Waals surface area contributed by atoms with E-state index in [-0.39, 0.29) is 29.9 Å². The van der Waals surface area contributed by atoms with Crippen LogP contribution in [0.2, 0.25) is 0 Å². The minimum atomic E-state index is -0.129. The third-order valence-electron chi connectivity index (χ3n) is 4.20. The molecule has 0 unspecified atom stereocenters. The number of benzene rings is 1. The van der Waals surface area contributed by atoms with Crippen LogP contribution in [0.15, 0.2) is 64.7 Å². The number of aliphatic imine (C=N–C) groups is 1. The second-order valence-corrected chi connectivity index (χ2v) is 6.49. The summed E-state index contributed by atoms with van der Waals surface area (Å²) in [7, 11) is 2.03. The molecule has 0 fully saturated rings. The van der Waals surface area contributed by atoms with E-state index in [0.29, 0.717) is 18.7 Å². The van der Waals surface area contributed by atoms with Crippen molar-refractivity contribution >= 4 is 35.8 Å². The molecule has 0 atom stereocenters. The van der Waals surface area contributed by atoms with Gasteiger partial charge in [-0.15, -0.1) is 30.6 Å². The number of unbranched alkanes of at least 4 members (excludes halogenated alkanes) is 1. The van der Waals surface area contributed by atoms with E-state index in [1.807, 2.05) is 37.4 Å². The van der Waals surface area contributed by atoms with Crippen molar-refractivity contribution in [2.24, 2.45) is 4.99 Å². The Bertz CT molecular complexity index is 775. The van der Waals surface area contributed by atoms with Gasteiger partial charge in [-0.2, -0.15) is 0 Å². The van der Waals surface area contributed by atoms with Crippen LogP contribution in [-0.2, 0) is 13.1 Å². The largest absolute Gasteiger partial charge is 0.467 e. The second-order valence-electron chi connectivity index (χ2n) is 6.49. The minimum Gasteiger partial charge on any atom is -0.467 e. The molecule has 158 valence electrons. The number of nitrogens with one attached hydrogen (secondary N) is 2. The van der Waals surface area contributed by atoms with E-state index in [4.69, 9.17) is 9.41 Å². The predicted octanol–water partition coefficient (Wildman–Crippen LogP) is 4.19. The van der Waals surface area contributed by atoms with Gasteiger partial charge in [-0.1, -0.05) is 18.2 Å². The molecule has 0 aliphatic rings. The van der Waals surface area contributed by atoms with Crippen LogP contribution in [0.5, 0.6) is 0 Å². The first kappa shape index (κ1) is 24.7. The summed E-state index contributed by atoms with van der Waals surface area (Å²) < 4.78 is 5.24. The average Bonchev–Trinajstić information content (AvgIpc) is 3.23. The van der Waals surface area contributed by atoms with Crippen molar-refractivity contribution in [2.45, 2.75) is 32.9 Å². The molecule has 0 bridgehead atoms. The van der Waals surface area contributed by atoms with Crippen molar-refractivity contribution in [3.63, 3.8) is 0 Å². The van der Waals surface area contributed by atoms with Crippen LogP contribution in [0.1, 0.15) is 41.4 Å². The molecule has 0 saturated carbocycles. The van der Waals surface area contributed by atoms with Gasteiger partial charge in [0.15, 0.2) is 5.96 Å². The number of carbonyl (C=O) groups excluding carboxylic acids is 1. The molecular weight excluding hydrogens is 479 g/mol. The predicted molar refractivity (Wildman–Crippen MR) is 129 cm³/mol. The lowest BCUT2D eigenvalue weighted by Gasteiger charge is -2.21. The molecule has 6 nitrogen and oxygen atoms in total. The molecular formula is C22H31IN4O2. The molecule has 0 spiro atoms. The molecule has 0 aliphatic carbocycles. The first-order valence-corrected chi connectivity index (χ1v) is 9.64. The molecule has 1 aromatic heterocycles. The van der Waals surface area contributed by atoms with Gasteiger partial charge in [0.25, 0.3) is 5.91 Å². The molecule has 1 amide bonds. The van der Waals surface area contributed by atoms with Crippen LogP contribution >= 0.6 is 24.0 Å². The summed E-state index contributed by atoms with van der Waals surface area (Å²) in [5.41, 5.74) is 1.60. The highest BCUT2D eigenvalue weighted by Crippen LogP contribution is 2.08. The second kappa shape index (κ2) is 13.8. The number of hydrogen-bond donors (Lipinski definition) is 2. The summed E-state index contributed by atoms with van der Waals surface area (Å²) in [6.07, 6.45) is 5.55. The number of halogens is 1. The zero-order valence-corrected chi connectivity index (χ0v) is 19.5. The van der Waals surface area contributed by atoms with Gasteiger partial charge in [-0.05, 0) is 49.6 Å². The zero-order valence-electron chi connectivity index (χ0n) is 17.2. The van der Waals surface area contributed by atoms with Gasteiger partial charge in [-0.25, -0.2) is 4.99 Å². The summed E-state index contributed by atoms with van der Waals surface area (Å²) in [6.45, 7) is 8.41. The number of nitrogens with zero attached hydrogens (tertiary/aromatic N) is 2. The molecule has 2 aromatic rings. The lowest BCUT2D eigenvalue weighted by molar-refractivity contribution is 0.0948. The number of hydrogen-bond acceptors (Lipinski definition) is 3. The highest BCUT2D eigenvalue weighted by Gasteiger charge is 2.08. The topological polar surface area (TPSA) is 69.9 Å². The van der Waals surface area contributed by atoms with E-state index in [1.54, 1.807) is 18.4 Å². The SMILES string of the molecule is C=CCCCN(C)C(=NCc1cccc(C(=O)NCc2ccco2)c1)NCC.I. The summed E-state index contributed by atoms with van der Waals surface area (Å²) in [6, 6.07) is 11.2. The molecule has 29 heavy (non-hydrogen) atoms. The number of carbonyl (C=O) groups is 1. The number of rotatable bonds is 10. The van der Waals surface area contributed by atoms with Crippen molar-refractivity contribution in [3.05, 3.63) is 72.2 Å². The fourth-order valence-electron chi connectivity index (χ4n) is 2.71. The fraction of sp³-hybridized carbons (Fsp3) is 0.364. The molecule has 1 aromatic carbocycles. The molecule has 0 saturated heterocycles. The van der Waals surface area contributed by atoms with Gasteiger partial charge in [0, 0.05) is 25.7 Å². The third-order valence-corrected chi connectivity index (χ3v) is 4.20. The number of furan rings is 1. The Morgan fingerprint density at radius 2 is 2.10 bits per heavy atom. The maximum atomic E-state index is 12.4. The fourth-order valence-corrected chi connectivity index (χ4v) is 2.71. The number of guanidine groups is 1. The monoisotopic (exact) mass is 510 g/mol. The third kappa shape index (κ3) is 8.72. The Balaban J connectivity index is 0.00000420. The van der Waals surface area contributed by atoms with Gasteiger partial charge in [0.1, 0.15) is 5.76 Å². The molecule has 2 rings (SSSR count). The van der Waals surface area contributed by atoms with E-state index in [1.165, 1.54) is 0 Å². The van der Waals surface area contributed by atoms with Crippen molar-refractivity contribution in [1.29, 1.82) is 0 Å². The van der Waals surface area contributed by atoms with Crippen LogP contribution < -0.4 is 10.6 Å². The lowest BCUT2D eigenvalue weighted by atomic mass is 10.1. The normalized spacial score (nSPS) is 10.8. The standard InChI is InChI=1S/C22H30N4O2.HI/c1-4-6-7-13-26(3)22(23-5-2)25-16-18-10-8-11-19(15-18)21(27)24-17-20-12-9-14-28-20;/h4,8-12,14-15H,1,5-7,13,16-17H2,2-3H3,(H,23,25)(H,24,27);1H.